The van der Waals surface area contributed by atoms with Crippen LogP contribution < -0.4 is 0 Å². The minimum Gasteiger partial charge on any atom is -0.480 e. The van der Waals surface area contributed by atoms with Gasteiger partial charge in [-0.05, 0) is 0 Å². The van der Waals surface area contributed by atoms with Crippen molar-refractivity contribution in [3.63, 3.8) is 0 Å². The van der Waals surface area contributed by atoms with Crippen molar-refractivity contribution in [2.75, 3.05) is 20.3 Å². The lowest BCUT2D eigenvalue weighted by Crippen LogP contribution is -2.45. The number of rotatable bonds is 4. The minimum atomic E-state index is -1.22. The van der Waals surface area contributed by atoms with Crippen molar-refractivity contribution in [2.45, 2.75) is 24.5 Å². The SMILES string of the molecule is CO[C@@H]1[C@@H](O)[C@H](O)[C@@H](CO)N1CC(=O)O. The molecule has 0 aromatic carbocycles. The van der Waals surface area contributed by atoms with Gasteiger partial charge in [0.25, 0.3) is 0 Å². The van der Waals surface area contributed by atoms with Crippen LogP contribution in [0.4, 0.5) is 0 Å². The Morgan fingerprint density at radius 1 is 1.40 bits per heavy atom. The maximum absolute atomic E-state index is 10.5. The summed E-state index contributed by atoms with van der Waals surface area (Å²) in [5.41, 5.74) is 0. The molecule has 88 valence electrons. The molecule has 1 fully saturated rings. The highest BCUT2D eigenvalue weighted by Crippen LogP contribution is 2.25. The molecule has 0 aromatic rings. The molecule has 1 rings (SSSR count). The van der Waals surface area contributed by atoms with Gasteiger partial charge in [0.2, 0.25) is 0 Å². The van der Waals surface area contributed by atoms with Gasteiger partial charge in [-0.3, -0.25) is 9.69 Å². The van der Waals surface area contributed by atoms with E-state index < -0.39 is 43.6 Å². The predicted octanol–water partition coefficient (Wildman–Crippen LogP) is -2.56. The third kappa shape index (κ3) is 2.27. The van der Waals surface area contributed by atoms with Gasteiger partial charge >= 0.3 is 5.97 Å². The zero-order valence-electron chi connectivity index (χ0n) is 8.28. The molecule has 0 aromatic heterocycles. The van der Waals surface area contributed by atoms with E-state index in [4.69, 9.17) is 14.9 Å². The van der Waals surface area contributed by atoms with Crippen LogP contribution in [-0.4, -0.2) is 76.0 Å². The summed E-state index contributed by atoms with van der Waals surface area (Å²) in [6, 6.07) is -0.818. The molecule has 1 heterocycles. The van der Waals surface area contributed by atoms with Gasteiger partial charge in [-0.1, -0.05) is 0 Å². The van der Waals surface area contributed by atoms with E-state index in [0.29, 0.717) is 0 Å². The Morgan fingerprint density at radius 3 is 2.40 bits per heavy atom. The average molecular weight is 221 g/mol. The van der Waals surface area contributed by atoms with Crippen molar-refractivity contribution in [1.29, 1.82) is 0 Å². The zero-order chi connectivity index (χ0) is 11.6. The van der Waals surface area contributed by atoms with Gasteiger partial charge in [-0.2, -0.15) is 0 Å². The Morgan fingerprint density at radius 2 is 2.00 bits per heavy atom. The Balaban J connectivity index is 2.82. The number of carbonyl (C=O) groups is 1. The molecule has 1 aliphatic rings. The molecule has 4 N–H and O–H groups in total. The summed E-state index contributed by atoms with van der Waals surface area (Å²) in [6.07, 6.45) is -3.33. The molecule has 7 nitrogen and oxygen atoms in total. The van der Waals surface area contributed by atoms with Gasteiger partial charge in [0.05, 0.1) is 19.2 Å². The number of hydrogen-bond donors (Lipinski definition) is 4. The number of aliphatic hydroxyl groups excluding tert-OH is 3. The molecule has 7 heteroatoms. The second kappa shape index (κ2) is 4.86. The van der Waals surface area contributed by atoms with E-state index >= 15 is 0 Å². The Bertz CT molecular complexity index is 219. The van der Waals surface area contributed by atoms with Crippen molar-refractivity contribution < 1.29 is 30.0 Å². The van der Waals surface area contributed by atoms with Crippen LogP contribution in [-0.2, 0) is 9.53 Å². The first-order valence-corrected chi connectivity index (χ1v) is 4.50. The number of carboxylic acids is 1. The van der Waals surface area contributed by atoms with Crippen molar-refractivity contribution in [1.82, 2.24) is 4.90 Å². The van der Waals surface area contributed by atoms with E-state index in [1.807, 2.05) is 0 Å². The normalized spacial score (nSPS) is 37.1. The fraction of sp³-hybridized carbons (Fsp3) is 0.875. The molecule has 0 amide bonds. The monoisotopic (exact) mass is 221 g/mol. The van der Waals surface area contributed by atoms with Gasteiger partial charge in [0.1, 0.15) is 18.4 Å². The summed E-state index contributed by atoms with van der Waals surface area (Å²) in [5, 5.41) is 36.7. The molecule has 0 unspecified atom stereocenters. The van der Waals surface area contributed by atoms with E-state index in [2.05, 4.69) is 0 Å². The van der Waals surface area contributed by atoms with E-state index in [1.54, 1.807) is 0 Å². The molecule has 0 radical (unpaired) electrons. The fourth-order valence-electron chi connectivity index (χ4n) is 1.83. The topological polar surface area (TPSA) is 110 Å². The number of hydrogen-bond acceptors (Lipinski definition) is 6. The first-order chi connectivity index (χ1) is 7.02. The van der Waals surface area contributed by atoms with Crippen molar-refractivity contribution in [3.05, 3.63) is 0 Å². The molecule has 1 aliphatic heterocycles. The van der Waals surface area contributed by atoms with Crippen molar-refractivity contribution in [3.8, 4) is 0 Å². The highest BCUT2D eigenvalue weighted by molar-refractivity contribution is 5.69. The third-order valence-electron chi connectivity index (χ3n) is 2.54. The molecule has 15 heavy (non-hydrogen) atoms. The Kier molecular flexibility index (Phi) is 4.00. The first-order valence-electron chi connectivity index (χ1n) is 4.50. The van der Waals surface area contributed by atoms with Crippen LogP contribution in [0.1, 0.15) is 0 Å². The molecular formula is C8H15NO6. The van der Waals surface area contributed by atoms with Crippen LogP contribution in [0.3, 0.4) is 0 Å². The Labute approximate surface area is 86.5 Å². The van der Waals surface area contributed by atoms with Crippen LogP contribution in [0.2, 0.25) is 0 Å². The lowest BCUT2D eigenvalue weighted by molar-refractivity contribution is -0.144. The van der Waals surface area contributed by atoms with Gasteiger partial charge in [-0.15, -0.1) is 0 Å². The number of carboxylic acid groups (broad SMARTS) is 1. The van der Waals surface area contributed by atoms with Crippen LogP contribution >= 0.6 is 0 Å². The summed E-state index contributed by atoms with van der Waals surface area (Å²) in [7, 11) is 1.30. The molecular weight excluding hydrogens is 206 g/mol. The molecule has 0 bridgehead atoms. The van der Waals surface area contributed by atoms with E-state index in [0.717, 1.165) is 0 Å². The first kappa shape index (κ1) is 12.3. The van der Waals surface area contributed by atoms with E-state index in [-0.39, 0.29) is 0 Å². The summed E-state index contributed by atoms with van der Waals surface area (Å²) < 4.78 is 4.88. The van der Waals surface area contributed by atoms with E-state index in [9.17, 15) is 15.0 Å². The second-order valence-electron chi connectivity index (χ2n) is 3.42. The lowest BCUT2D eigenvalue weighted by Gasteiger charge is -2.26. The Hall–Kier alpha value is -0.730. The van der Waals surface area contributed by atoms with Crippen molar-refractivity contribution in [2.24, 2.45) is 0 Å². The summed E-state index contributed by atoms with van der Waals surface area (Å²) in [5.74, 6) is -1.11. The van der Waals surface area contributed by atoms with Crippen molar-refractivity contribution >= 4 is 5.97 Å². The van der Waals surface area contributed by atoms with E-state index in [1.165, 1.54) is 12.0 Å². The summed E-state index contributed by atoms with van der Waals surface area (Å²) in [4.78, 5) is 11.8. The van der Waals surface area contributed by atoms with Gasteiger partial charge in [0.15, 0.2) is 0 Å². The highest BCUT2D eigenvalue weighted by Gasteiger charge is 2.48. The number of nitrogens with zero attached hydrogens (tertiary/aromatic N) is 1. The maximum atomic E-state index is 10.5. The smallest absolute Gasteiger partial charge is 0.317 e. The molecule has 1 saturated heterocycles. The number of aliphatic hydroxyl groups is 3. The number of methoxy groups -OCH3 is 1. The second-order valence-corrected chi connectivity index (χ2v) is 3.42. The average Bonchev–Trinajstić information content (AvgIpc) is 2.38. The maximum Gasteiger partial charge on any atom is 0.317 e. The van der Waals surface area contributed by atoms with Crippen LogP contribution in [0.5, 0.6) is 0 Å². The standard InChI is InChI=1S/C8H15NO6/c1-15-8-7(14)6(13)4(3-10)9(8)2-5(11)12/h4,6-8,10,13-14H,2-3H2,1H3,(H,11,12)/t4-,6-,7+,8-/m1/s1. The molecule has 0 aliphatic carbocycles. The number of ether oxygens (including phenoxy) is 1. The summed E-state index contributed by atoms with van der Waals surface area (Å²) in [6.45, 7) is -0.844. The largest absolute Gasteiger partial charge is 0.480 e. The molecule has 0 saturated carbocycles. The summed E-state index contributed by atoms with van der Waals surface area (Å²) >= 11 is 0. The fourth-order valence-corrected chi connectivity index (χ4v) is 1.83. The predicted molar refractivity (Wildman–Crippen MR) is 48.0 cm³/mol. The van der Waals surface area contributed by atoms with Gasteiger partial charge < -0.3 is 25.2 Å². The third-order valence-corrected chi connectivity index (χ3v) is 2.54. The minimum absolute atomic E-state index is 0.405. The highest BCUT2D eigenvalue weighted by atomic mass is 16.5. The van der Waals surface area contributed by atoms with Gasteiger partial charge in [0, 0.05) is 7.11 Å². The quantitative estimate of drug-likeness (QED) is 0.413. The van der Waals surface area contributed by atoms with Gasteiger partial charge in [-0.25, -0.2) is 0 Å². The zero-order valence-corrected chi connectivity index (χ0v) is 8.28. The molecule has 0 spiro atoms. The molecule has 4 atom stereocenters. The number of aliphatic carboxylic acids is 1. The van der Waals surface area contributed by atoms with Crippen LogP contribution in [0.15, 0.2) is 0 Å². The number of likely N-dealkylation sites (tertiary alicyclic amines) is 1. The van der Waals surface area contributed by atoms with Crippen LogP contribution in [0, 0.1) is 0 Å². The van der Waals surface area contributed by atoms with Crippen LogP contribution in [0.25, 0.3) is 0 Å². The lowest BCUT2D eigenvalue weighted by atomic mass is 10.1.